The van der Waals surface area contributed by atoms with Gasteiger partial charge in [0.1, 0.15) is 0 Å². The number of imidazole rings is 1. The number of aliphatic imine (C=N–C) groups is 1. The van der Waals surface area contributed by atoms with Gasteiger partial charge in [-0.15, -0.1) is 0 Å². The molecule has 1 fully saturated rings. The molecule has 3 N–H and O–H groups in total. The fourth-order valence-electron chi connectivity index (χ4n) is 1.96. The maximum absolute atomic E-state index is 8.54. The third-order valence-electron chi connectivity index (χ3n) is 2.88. The lowest BCUT2D eigenvalue weighted by atomic mass is 10.0. The number of rotatable bonds is 2. The Hall–Kier alpha value is -2.07. The molecule has 2 atom stereocenters. The number of nitriles is 1. The quantitative estimate of drug-likeness (QED) is 0.302. The molecule has 0 spiro atoms. The summed E-state index contributed by atoms with van der Waals surface area (Å²) in [5.74, 6) is 0.478. The number of H-pyrrole nitrogens is 1. The summed E-state index contributed by atoms with van der Waals surface area (Å²) in [6, 6.07) is 0.170. The Morgan fingerprint density at radius 3 is 3.11 bits per heavy atom. The summed E-state index contributed by atoms with van der Waals surface area (Å²) < 4.78 is 5.76. The van der Waals surface area contributed by atoms with Crippen molar-refractivity contribution >= 4 is 5.96 Å². The summed E-state index contributed by atoms with van der Waals surface area (Å²) in [5, 5.41) is 14.2. The fourth-order valence-corrected chi connectivity index (χ4v) is 1.96. The molecule has 1 aliphatic rings. The molecule has 2 heterocycles. The molecular formula is C11H16N6O. The molecular weight excluding hydrogens is 232 g/mol. The molecule has 0 bridgehead atoms. The monoisotopic (exact) mass is 248 g/mol. The molecule has 7 heteroatoms. The Morgan fingerprint density at radius 2 is 2.56 bits per heavy atom. The van der Waals surface area contributed by atoms with Crippen LogP contribution in [-0.4, -0.2) is 35.6 Å². The Labute approximate surface area is 105 Å². The van der Waals surface area contributed by atoms with E-state index in [-0.39, 0.29) is 12.1 Å². The first kappa shape index (κ1) is 12.4. The van der Waals surface area contributed by atoms with Gasteiger partial charge in [-0.05, 0) is 12.8 Å². The van der Waals surface area contributed by atoms with Gasteiger partial charge in [0.2, 0.25) is 5.96 Å². The lowest BCUT2D eigenvalue weighted by molar-refractivity contribution is -0.00237. The standard InChI is InChI=1S/C11H16N6O/c1-13-11(15-6-12)17-8-2-3-10(18-5-8)9-4-14-7-16-9/h4,7-8,10H,2-3,5H2,1H3,(H,14,16)(H2,13,15,17)/t8-,10-/m0/s1. The van der Waals surface area contributed by atoms with Crippen LogP contribution in [0.25, 0.3) is 0 Å². The molecule has 0 unspecified atom stereocenters. The Balaban J connectivity index is 1.82. The molecule has 2 rings (SSSR count). The van der Waals surface area contributed by atoms with Crippen LogP contribution in [0.2, 0.25) is 0 Å². The molecule has 0 radical (unpaired) electrons. The average molecular weight is 248 g/mol. The van der Waals surface area contributed by atoms with Crippen LogP contribution in [0.5, 0.6) is 0 Å². The second-order valence-electron chi connectivity index (χ2n) is 4.06. The van der Waals surface area contributed by atoms with Crippen molar-refractivity contribution in [3.63, 3.8) is 0 Å². The van der Waals surface area contributed by atoms with Gasteiger partial charge in [0.05, 0.1) is 37.0 Å². The Kier molecular flexibility index (Phi) is 4.15. The highest BCUT2D eigenvalue weighted by Crippen LogP contribution is 2.26. The average Bonchev–Trinajstić information content (AvgIpc) is 2.93. The van der Waals surface area contributed by atoms with Gasteiger partial charge < -0.3 is 15.0 Å². The van der Waals surface area contributed by atoms with Crippen LogP contribution in [0.1, 0.15) is 24.6 Å². The van der Waals surface area contributed by atoms with Crippen molar-refractivity contribution in [1.82, 2.24) is 20.6 Å². The van der Waals surface area contributed by atoms with E-state index in [0.717, 1.165) is 18.5 Å². The Bertz CT molecular complexity index is 427. The number of aromatic nitrogens is 2. The minimum Gasteiger partial charge on any atom is -0.370 e. The number of nitrogens with one attached hydrogen (secondary N) is 3. The first-order chi connectivity index (χ1) is 8.83. The molecule has 0 aromatic carbocycles. The largest absolute Gasteiger partial charge is 0.370 e. The van der Waals surface area contributed by atoms with Gasteiger partial charge in [0.25, 0.3) is 0 Å². The molecule has 0 aliphatic carbocycles. The number of hydrogen-bond acceptors (Lipinski definition) is 4. The van der Waals surface area contributed by atoms with Crippen molar-refractivity contribution in [3.05, 3.63) is 18.2 Å². The second kappa shape index (κ2) is 6.02. The maximum atomic E-state index is 8.54. The predicted octanol–water partition coefficient (Wildman–Crippen LogP) is 0.276. The molecule has 96 valence electrons. The van der Waals surface area contributed by atoms with E-state index in [0.29, 0.717) is 12.6 Å². The highest BCUT2D eigenvalue weighted by Gasteiger charge is 2.24. The van der Waals surface area contributed by atoms with Crippen LogP contribution in [0.4, 0.5) is 0 Å². The van der Waals surface area contributed by atoms with Crippen LogP contribution in [0.3, 0.4) is 0 Å². The lowest BCUT2D eigenvalue weighted by Crippen LogP contribution is -2.45. The second-order valence-corrected chi connectivity index (χ2v) is 4.06. The van der Waals surface area contributed by atoms with Crippen molar-refractivity contribution in [2.24, 2.45) is 4.99 Å². The number of hydrogen-bond donors (Lipinski definition) is 3. The summed E-state index contributed by atoms with van der Waals surface area (Å²) in [6.07, 6.45) is 7.22. The third kappa shape index (κ3) is 2.99. The van der Waals surface area contributed by atoms with Gasteiger partial charge in [0, 0.05) is 7.05 Å². The van der Waals surface area contributed by atoms with Crippen molar-refractivity contribution in [3.8, 4) is 6.19 Å². The zero-order valence-corrected chi connectivity index (χ0v) is 10.2. The number of nitrogens with zero attached hydrogens (tertiary/aromatic N) is 3. The van der Waals surface area contributed by atoms with Gasteiger partial charge in [-0.25, -0.2) is 4.98 Å². The van der Waals surface area contributed by atoms with Crippen LogP contribution in [-0.2, 0) is 4.74 Å². The minimum atomic E-state index is 0.0801. The van der Waals surface area contributed by atoms with Gasteiger partial charge >= 0.3 is 0 Å². The summed E-state index contributed by atoms with van der Waals surface area (Å²) >= 11 is 0. The summed E-state index contributed by atoms with van der Waals surface area (Å²) in [5.41, 5.74) is 1.01. The van der Waals surface area contributed by atoms with E-state index >= 15 is 0 Å². The molecule has 1 aliphatic heterocycles. The highest BCUT2D eigenvalue weighted by molar-refractivity contribution is 5.81. The van der Waals surface area contributed by atoms with Crippen LogP contribution >= 0.6 is 0 Å². The molecule has 1 aromatic heterocycles. The molecule has 1 saturated heterocycles. The van der Waals surface area contributed by atoms with E-state index < -0.39 is 0 Å². The van der Waals surface area contributed by atoms with Crippen LogP contribution in [0.15, 0.2) is 17.5 Å². The SMILES string of the molecule is CN=C(NC#N)N[C@H]1CC[C@@H](c2cnc[nH]2)OC1. The summed E-state index contributed by atoms with van der Waals surface area (Å²) in [4.78, 5) is 11.0. The zero-order valence-electron chi connectivity index (χ0n) is 10.2. The topological polar surface area (TPSA) is 98.1 Å². The molecule has 0 saturated carbocycles. The first-order valence-electron chi connectivity index (χ1n) is 5.81. The van der Waals surface area contributed by atoms with Crippen molar-refractivity contribution in [2.75, 3.05) is 13.7 Å². The van der Waals surface area contributed by atoms with E-state index in [9.17, 15) is 0 Å². The third-order valence-corrected chi connectivity index (χ3v) is 2.88. The molecule has 0 amide bonds. The van der Waals surface area contributed by atoms with Crippen LogP contribution < -0.4 is 10.6 Å². The van der Waals surface area contributed by atoms with E-state index in [1.807, 2.05) is 6.19 Å². The van der Waals surface area contributed by atoms with E-state index in [1.165, 1.54) is 0 Å². The summed E-state index contributed by atoms with van der Waals surface area (Å²) in [6.45, 7) is 0.579. The molecule has 18 heavy (non-hydrogen) atoms. The van der Waals surface area contributed by atoms with Crippen molar-refractivity contribution in [2.45, 2.75) is 25.0 Å². The van der Waals surface area contributed by atoms with Crippen molar-refractivity contribution in [1.29, 1.82) is 5.26 Å². The maximum Gasteiger partial charge on any atom is 0.204 e. The van der Waals surface area contributed by atoms with Gasteiger partial charge in [-0.3, -0.25) is 10.3 Å². The zero-order chi connectivity index (χ0) is 12.8. The number of guanidine groups is 1. The van der Waals surface area contributed by atoms with Crippen molar-refractivity contribution < 1.29 is 4.74 Å². The molecule has 7 nitrogen and oxygen atoms in total. The lowest BCUT2D eigenvalue weighted by Gasteiger charge is -2.29. The van der Waals surface area contributed by atoms with Gasteiger partial charge in [-0.1, -0.05) is 0 Å². The predicted molar refractivity (Wildman–Crippen MR) is 65.5 cm³/mol. The van der Waals surface area contributed by atoms with Crippen LogP contribution in [0, 0.1) is 11.5 Å². The summed E-state index contributed by atoms with van der Waals surface area (Å²) in [7, 11) is 1.63. The number of ether oxygens (including phenoxy) is 1. The Morgan fingerprint density at radius 1 is 1.67 bits per heavy atom. The highest BCUT2D eigenvalue weighted by atomic mass is 16.5. The van der Waals surface area contributed by atoms with Gasteiger partial charge in [-0.2, -0.15) is 5.26 Å². The number of aromatic amines is 1. The fraction of sp³-hybridized carbons (Fsp3) is 0.545. The smallest absolute Gasteiger partial charge is 0.204 e. The first-order valence-corrected chi connectivity index (χ1v) is 5.81. The van der Waals surface area contributed by atoms with E-state index in [4.69, 9.17) is 10.00 Å². The van der Waals surface area contributed by atoms with E-state index in [2.05, 4.69) is 25.6 Å². The van der Waals surface area contributed by atoms with Gasteiger partial charge in [0.15, 0.2) is 6.19 Å². The van der Waals surface area contributed by atoms with E-state index in [1.54, 1.807) is 19.6 Å². The minimum absolute atomic E-state index is 0.0801. The molecule has 1 aromatic rings. The normalized spacial score (nSPS) is 24.3.